The zero-order chi connectivity index (χ0) is 21.0. The van der Waals surface area contributed by atoms with Crippen LogP contribution in [0.25, 0.3) is 5.69 Å². The highest BCUT2D eigenvalue weighted by atomic mass is 35.5. The first-order valence-corrected chi connectivity index (χ1v) is 10.5. The smallest absolute Gasteiger partial charge is 0.237 e. The zero-order valence-electron chi connectivity index (χ0n) is 16.8. The number of anilines is 1. The highest BCUT2D eigenvalue weighted by Crippen LogP contribution is 2.30. The lowest BCUT2D eigenvalue weighted by molar-refractivity contribution is -0.115. The van der Waals surface area contributed by atoms with Crippen LogP contribution in [0.5, 0.6) is 0 Å². The summed E-state index contributed by atoms with van der Waals surface area (Å²) in [6.07, 6.45) is 0. The van der Waals surface area contributed by atoms with Crippen LogP contribution in [0.15, 0.2) is 59.8 Å². The van der Waals surface area contributed by atoms with Crippen LogP contribution in [0.1, 0.15) is 25.7 Å². The second-order valence-electron chi connectivity index (χ2n) is 6.91. The van der Waals surface area contributed by atoms with Crippen molar-refractivity contribution >= 4 is 35.0 Å². The Morgan fingerprint density at radius 2 is 1.72 bits per heavy atom. The second kappa shape index (κ2) is 9.43. The third-order valence-corrected chi connectivity index (χ3v) is 5.88. The normalized spacial score (nSPS) is 13.3. The van der Waals surface area contributed by atoms with Crippen molar-refractivity contribution in [2.75, 3.05) is 19.4 Å². The Morgan fingerprint density at radius 1 is 1.07 bits per heavy atom. The first kappa shape index (κ1) is 21.4. The van der Waals surface area contributed by atoms with Gasteiger partial charge in [-0.25, -0.2) is 0 Å². The third kappa shape index (κ3) is 5.18. The van der Waals surface area contributed by atoms with Gasteiger partial charge in [0, 0.05) is 16.4 Å². The van der Waals surface area contributed by atoms with E-state index in [1.807, 2.05) is 80.2 Å². The summed E-state index contributed by atoms with van der Waals surface area (Å²) in [5.74, 6) is 0.713. The Kier molecular flexibility index (Phi) is 6.95. The predicted octanol–water partition coefficient (Wildman–Crippen LogP) is 4.66. The number of hydrogen-bond acceptors (Lipinski definition) is 5. The molecule has 0 aliphatic rings. The number of amides is 1. The molecule has 2 unspecified atom stereocenters. The van der Waals surface area contributed by atoms with Crippen molar-refractivity contribution in [1.82, 2.24) is 19.7 Å². The van der Waals surface area contributed by atoms with Crippen LogP contribution in [-0.4, -0.2) is 44.9 Å². The van der Waals surface area contributed by atoms with E-state index >= 15 is 0 Å². The zero-order valence-corrected chi connectivity index (χ0v) is 18.4. The van der Waals surface area contributed by atoms with Gasteiger partial charge in [-0.3, -0.25) is 14.3 Å². The molecule has 1 amide bonds. The van der Waals surface area contributed by atoms with E-state index in [1.54, 1.807) is 0 Å². The minimum absolute atomic E-state index is 0.0426. The van der Waals surface area contributed by atoms with Crippen LogP contribution in [0.3, 0.4) is 0 Å². The number of thioether (sulfide) groups is 1. The number of aromatic nitrogens is 3. The molecule has 0 radical (unpaired) electrons. The summed E-state index contributed by atoms with van der Waals surface area (Å²) >= 11 is 7.43. The van der Waals surface area contributed by atoms with E-state index in [2.05, 4.69) is 27.3 Å². The van der Waals surface area contributed by atoms with Crippen LogP contribution in [0, 0.1) is 0 Å². The molecule has 0 spiro atoms. The van der Waals surface area contributed by atoms with Gasteiger partial charge >= 0.3 is 0 Å². The lowest BCUT2D eigenvalue weighted by Gasteiger charge is -2.21. The van der Waals surface area contributed by atoms with E-state index < -0.39 is 0 Å². The lowest BCUT2D eigenvalue weighted by Crippen LogP contribution is -2.23. The Morgan fingerprint density at radius 3 is 2.34 bits per heavy atom. The minimum atomic E-state index is -0.354. The summed E-state index contributed by atoms with van der Waals surface area (Å²) < 4.78 is 1.98. The Hall–Kier alpha value is -2.35. The van der Waals surface area contributed by atoms with E-state index in [9.17, 15) is 4.79 Å². The van der Waals surface area contributed by atoms with Gasteiger partial charge in [-0.15, -0.1) is 10.2 Å². The van der Waals surface area contributed by atoms with Crippen molar-refractivity contribution in [3.05, 3.63) is 65.4 Å². The van der Waals surface area contributed by atoms with Gasteiger partial charge in [0.1, 0.15) is 0 Å². The topological polar surface area (TPSA) is 63.1 Å². The summed E-state index contributed by atoms with van der Waals surface area (Å²) in [6.45, 7) is 3.93. The molecule has 0 aliphatic heterocycles. The molecular formula is C21H24ClN5OS. The van der Waals surface area contributed by atoms with Gasteiger partial charge in [0.25, 0.3) is 0 Å². The number of carbonyl (C=O) groups excluding carboxylic acids is 1. The maximum absolute atomic E-state index is 12.6. The SMILES string of the molecule is CC(Sc1nnc(C(C)N(C)C)n1-c1ccc(Cl)cc1)C(=O)Nc1ccccc1. The summed E-state index contributed by atoms with van der Waals surface area (Å²) in [5, 5.41) is 12.7. The summed E-state index contributed by atoms with van der Waals surface area (Å²) in [5.41, 5.74) is 1.67. The van der Waals surface area contributed by atoms with Gasteiger partial charge in [-0.1, -0.05) is 41.6 Å². The molecule has 1 heterocycles. The molecule has 3 rings (SSSR count). The predicted molar refractivity (Wildman–Crippen MR) is 119 cm³/mol. The van der Waals surface area contributed by atoms with E-state index in [0.717, 1.165) is 17.2 Å². The maximum atomic E-state index is 12.6. The molecule has 0 bridgehead atoms. The molecule has 152 valence electrons. The highest BCUT2D eigenvalue weighted by Gasteiger charge is 2.24. The molecule has 3 aromatic rings. The van der Waals surface area contributed by atoms with Crippen LogP contribution in [0.4, 0.5) is 5.69 Å². The molecule has 1 aromatic heterocycles. The first-order valence-electron chi connectivity index (χ1n) is 9.27. The van der Waals surface area contributed by atoms with Gasteiger partial charge in [0.05, 0.1) is 11.3 Å². The minimum Gasteiger partial charge on any atom is -0.325 e. The Balaban J connectivity index is 1.88. The van der Waals surface area contributed by atoms with Crippen molar-refractivity contribution in [2.45, 2.75) is 30.3 Å². The van der Waals surface area contributed by atoms with Crippen molar-refractivity contribution in [3.63, 3.8) is 0 Å². The van der Waals surface area contributed by atoms with E-state index in [1.165, 1.54) is 11.8 Å². The molecule has 8 heteroatoms. The standard InChI is InChI=1S/C21H24ClN5OS/c1-14(26(3)4)19-24-25-21(27(19)18-12-10-16(22)11-13-18)29-15(2)20(28)23-17-8-6-5-7-9-17/h5-15H,1-4H3,(H,23,28). The van der Waals surface area contributed by atoms with E-state index in [-0.39, 0.29) is 17.2 Å². The van der Waals surface area contributed by atoms with Crippen LogP contribution < -0.4 is 5.32 Å². The molecule has 0 saturated heterocycles. The number of nitrogens with zero attached hydrogens (tertiary/aromatic N) is 4. The quantitative estimate of drug-likeness (QED) is 0.553. The van der Waals surface area contributed by atoms with E-state index in [0.29, 0.717) is 10.2 Å². The monoisotopic (exact) mass is 429 g/mol. The summed E-state index contributed by atoms with van der Waals surface area (Å²) in [6, 6.07) is 17.0. The number of para-hydroxylation sites is 1. The lowest BCUT2D eigenvalue weighted by atomic mass is 10.2. The fourth-order valence-corrected chi connectivity index (χ4v) is 3.67. The number of benzene rings is 2. The molecule has 0 fully saturated rings. The Labute approximate surface area is 180 Å². The van der Waals surface area contributed by atoms with Gasteiger partial charge in [-0.05, 0) is 64.3 Å². The van der Waals surface area contributed by atoms with Gasteiger partial charge in [0.2, 0.25) is 5.91 Å². The van der Waals surface area contributed by atoms with Crippen molar-refractivity contribution < 1.29 is 4.79 Å². The summed E-state index contributed by atoms with van der Waals surface area (Å²) in [4.78, 5) is 14.7. The van der Waals surface area contributed by atoms with Gasteiger partial charge < -0.3 is 5.32 Å². The van der Waals surface area contributed by atoms with Crippen LogP contribution >= 0.6 is 23.4 Å². The average Bonchev–Trinajstić information content (AvgIpc) is 3.12. The molecule has 0 aliphatic carbocycles. The number of halogens is 1. The van der Waals surface area contributed by atoms with Crippen LogP contribution in [-0.2, 0) is 4.79 Å². The molecule has 6 nitrogen and oxygen atoms in total. The number of rotatable bonds is 7. The van der Waals surface area contributed by atoms with Gasteiger partial charge in [0.15, 0.2) is 11.0 Å². The number of carbonyl (C=O) groups is 1. The van der Waals surface area contributed by atoms with Crippen molar-refractivity contribution in [1.29, 1.82) is 0 Å². The summed E-state index contributed by atoms with van der Waals surface area (Å²) in [7, 11) is 3.99. The number of nitrogens with one attached hydrogen (secondary N) is 1. The molecule has 1 N–H and O–H groups in total. The molecule has 2 aromatic carbocycles. The van der Waals surface area contributed by atoms with Crippen molar-refractivity contribution in [3.8, 4) is 5.69 Å². The fourth-order valence-electron chi connectivity index (χ4n) is 2.67. The van der Waals surface area contributed by atoms with Crippen LogP contribution in [0.2, 0.25) is 5.02 Å². The first-order chi connectivity index (χ1) is 13.9. The number of hydrogen-bond donors (Lipinski definition) is 1. The maximum Gasteiger partial charge on any atom is 0.237 e. The van der Waals surface area contributed by atoms with E-state index in [4.69, 9.17) is 11.6 Å². The van der Waals surface area contributed by atoms with Gasteiger partial charge in [-0.2, -0.15) is 0 Å². The second-order valence-corrected chi connectivity index (χ2v) is 8.65. The molecule has 29 heavy (non-hydrogen) atoms. The fraction of sp³-hybridized carbons (Fsp3) is 0.286. The van der Waals surface area contributed by atoms with Crippen molar-refractivity contribution in [2.24, 2.45) is 0 Å². The largest absolute Gasteiger partial charge is 0.325 e. The third-order valence-electron chi connectivity index (χ3n) is 4.58. The molecule has 2 atom stereocenters. The molecular weight excluding hydrogens is 406 g/mol. The average molecular weight is 430 g/mol. The Bertz CT molecular complexity index is 959. The molecule has 0 saturated carbocycles. The highest BCUT2D eigenvalue weighted by molar-refractivity contribution is 8.00.